The van der Waals surface area contributed by atoms with Crippen LogP contribution in [0.25, 0.3) is 0 Å². The molecular formula is C9H15N3O3. The van der Waals surface area contributed by atoms with E-state index in [0.29, 0.717) is 6.54 Å². The Morgan fingerprint density at radius 3 is 2.60 bits per heavy atom. The van der Waals surface area contributed by atoms with Crippen LogP contribution < -0.4 is 17.0 Å². The predicted octanol–water partition coefficient (Wildman–Crippen LogP) is -1.01. The van der Waals surface area contributed by atoms with E-state index in [2.05, 4.69) is 0 Å². The van der Waals surface area contributed by atoms with Crippen molar-refractivity contribution in [2.24, 2.45) is 0 Å². The van der Waals surface area contributed by atoms with Crippen LogP contribution in [0.3, 0.4) is 0 Å². The van der Waals surface area contributed by atoms with Crippen molar-refractivity contribution in [1.29, 1.82) is 0 Å². The van der Waals surface area contributed by atoms with E-state index in [0.717, 1.165) is 4.57 Å². The first-order valence-corrected chi connectivity index (χ1v) is 4.75. The van der Waals surface area contributed by atoms with E-state index in [9.17, 15) is 9.59 Å². The maximum Gasteiger partial charge on any atom is 0.331 e. The van der Waals surface area contributed by atoms with Gasteiger partial charge in [-0.3, -0.25) is 13.9 Å². The number of hydrogen-bond acceptors (Lipinski definition) is 4. The zero-order valence-electron chi connectivity index (χ0n) is 8.80. The first-order valence-electron chi connectivity index (χ1n) is 4.75. The number of rotatable bonds is 3. The third-order valence-corrected chi connectivity index (χ3v) is 2.05. The topological polar surface area (TPSA) is 90.2 Å². The summed E-state index contributed by atoms with van der Waals surface area (Å²) in [6.07, 6.45) is 0.561. The molecule has 1 aromatic rings. The van der Waals surface area contributed by atoms with Crippen LogP contribution in [0.15, 0.2) is 15.8 Å². The first kappa shape index (κ1) is 11.5. The Labute approximate surface area is 86.6 Å². The third-order valence-electron chi connectivity index (χ3n) is 2.05. The van der Waals surface area contributed by atoms with Crippen molar-refractivity contribution in [3.63, 3.8) is 0 Å². The minimum atomic E-state index is -0.762. The summed E-state index contributed by atoms with van der Waals surface area (Å²) in [5, 5.41) is 9.16. The Morgan fingerprint density at radius 1 is 1.53 bits per heavy atom. The second-order valence-corrected chi connectivity index (χ2v) is 3.42. The van der Waals surface area contributed by atoms with Crippen LogP contribution in [0.4, 0.5) is 5.69 Å². The van der Waals surface area contributed by atoms with Crippen molar-refractivity contribution < 1.29 is 5.11 Å². The molecule has 15 heavy (non-hydrogen) atoms. The molecular weight excluding hydrogens is 198 g/mol. The first-order chi connectivity index (χ1) is 6.97. The monoisotopic (exact) mass is 213 g/mol. The van der Waals surface area contributed by atoms with Gasteiger partial charge in [-0.25, -0.2) is 4.79 Å². The molecule has 0 aromatic carbocycles. The van der Waals surface area contributed by atoms with E-state index >= 15 is 0 Å². The van der Waals surface area contributed by atoms with Gasteiger partial charge >= 0.3 is 5.69 Å². The minimum absolute atomic E-state index is 0.0112. The molecule has 0 saturated carbocycles. The lowest BCUT2D eigenvalue weighted by Crippen LogP contribution is -2.42. The summed E-state index contributed by atoms with van der Waals surface area (Å²) < 4.78 is 2.28. The molecule has 0 radical (unpaired) electrons. The fourth-order valence-corrected chi connectivity index (χ4v) is 1.33. The summed E-state index contributed by atoms with van der Waals surface area (Å²) in [6, 6.07) is 0. The molecule has 1 unspecified atom stereocenters. The number of anilines is 1. The Hall–Kier alpha value is -1.56. The molecule has 1 atom stereocenters. The van der Waals surface area contributed by atoms with Gasteiger partial charge < -0.3 is 10.8 Å². The number of nitrogen functional groups attached to an aromatic ring is 1. The molecule has 0 aliphatic rings. The lowest BCUT2D eigenvalue weighted by atomic mass is 10.4. The van der Waals surface area contributed by atoms with E-state index in [1.165, 1.54) is 17.7 Å². The van der Waals surface area contributed by atoms with Crippen molar-refractivity contribution in [3.05, 3.63) is 27.0 Å². The number of nitrogens with two attached hydrogens (primary N) is 1. The SMILES string of the molecule is CCn1cc(N)c(=O)n(CC(C)O)c1=O. The Morgan fingerprint density at radius 2 is 2.13 bits per heavy atom. The Kier molecular flexibility index (Phi) is 3.31. The van der Waals surface area contributed by atoms with Crippen LogP contribution >= 0.6 is 0 Å². The summed E-state index contributed by atoms with van der Waals surface area (Å²) in [7, 11) is 0. The molecule has 0 saturated heterocycles. The maximum atomic E-state index is 11.7. The molecule has 1 heterocycles. The number of aromatic nitrogens is 2. The molecule has 0 amide bonds. The molecule has 6 nitrogen and oxygen atoms in total. The van der Waals surface area contributed by atoms with Gasteiger partial charge in [0.2, 0.25) is 0 Å². The number of aliphatic hydroxyl groups is 1. The van der Waals surface area contributed by atoms with E-state index in [1.54, 1.807) is 6.92 Å². The van der Waals surface area contributed by atoms with E-state index in [-0.39, 0.29) is 12.2 Å². The lowest BCUT2D eigenvalue weighted by Gasteiger charge is -2.11. The molecule has 84 valence electrons. The van der Waals surface area contributed by atoms with Crippen LogP contribution in [0.5, 0.6) is 0 Å². The fraction of sp³-hybridized carbons (Fsp3) is 0.556. The lowest BCUT2D eigenvalue weighted by molar-refractivity contribution is 0.169. The highest BCUT2D eigenvalue weighted by Gasteiger charge is 2.09. The summed E-state index contributed by atoms with van der Waals surface area (Å²) >= 11 is 0. The summed E-state index contributed by atoms with van der Waals surface area (Å²) in [5.41, 5.74) is 4.48. The number of nitrogens with zero attached hydrogens (tertiary/aromatic N) is 2. The van der Waals surface area contributed by atoms with Crippen LogP contribution in [0.2, 0.25) is 0 Å². The predicted molar refractivity (Wildman–Crippen MR) is 56.7 cm³/mol. The van der Waals surface area contributed by atoms with Gasteiger partial charge in [0.1, 0.15) is 5.69 Å². The molecule has 0 spiro atoms. The van der Waals surface area contributed by atoms with E-state index in [1.807, 2.05) is 0 Å². The van der Waals surface area contributed by atoms with Gasteiger partial charge in [0, 0.05) is 12.7 Å². The summed E-state index contributed by atoms with van der Waals surface area (Å²) in [5.74, 6) is 0. The third kappa shape index (κ3) is 2.27. The molecule has 3 N–H and O–H groups in total. The van der Waals surface area contributed by atoms with Gasteiger partial charge in [-0.05, 0) is 13.8 Å². The Bertz CT molecular complexity index is 459. The van der Waals surface area contributed by atoms with Gasteiger partial charge in [0.15, 0.2) is 0 Å². The average Bonchev–Trinajstić information content (AvgIpc) is 2.18. The van der Waals surface area contributed by atoms with Crippen molar-refractivity contribution in [2.45, 2.75) is 33.0 Å². The smallest absolute Gasteiger partial charge is 0.331 e. The molecule has 1 aromatic heterocycles. The van der Waals surface area contributed by atoms with Crippen molar-refractivity contribution >= 4 is 5.69 Å². The quantitative estimate of drug-likeness (QED) is 0.673. The fourth-order valence-electron chi connectivity index (χ4n) is 1.33. The molecule has 0 aliphatic heterocycles. The second kappa shape index (κ2) is 4.31. The standard InChI is InChI=1S/C9H15N3O3/c1-3-11-5-7(10)8(14)12(9(11)15)4-6(2)13/h5-6,13H,3-4,10H2,1-2H3. The van der Waals surface area contributed by atoms with Crippen LogP contribution in [-0.4, -0.2) is 20.3 Å². The van der Waals surface area contributed by atoms with Gasteiger partial charge in [0.05, 0.1) is 12.6 Å². The van der Waals surface area contributed by atoms with E-state index in [4.69, 9.17) is 10.8 Å². The number of hydrogen-bond donors (Lipinski definition) is 2. The van der Waals surface area contributed by atoms with Crippen LogP contribution in [-0.2, 0) is 13.1 Å². The van der Waals surface area contributed by atoms with Crippen LogP contribution in [0, 0.1) is 0 Å². The molecule has 0 fully saturated rings. The summed E-state index contributed by atoms with van der Waals surface area (Å²) in [4.78, 5) is 23.2. The van der Waals surface area contributed by atoms with Gasteiger partial charge in [-0.15, -0.1) is 0 Å². The van der Waals surface area contributed by atoms with Gasteiger partial charge in [0.25, 0.3) is 5.56 Å². The van der Waals surface area contributed by atoms with Crippen LogP contribution in [0.1, 0.15) is 13.8 Å². The zero-order chi connectivity index (χ0) is 11.6. The molecule has 0 bridgehead atoms. The van der Waals surface area contributed by atoms with Gasteiger partial charge in [-0.1, -0.05) is 0 Å². The second-order valence-electron chi connectivity index (χ2n) is 3.42. The highest BCUT2D eigenvalue weighted by molar-refractivity contribution is 5.30. The summed E-state index contributed by atoms with van der Waals surface area (Å²) in [6.45, 7) is 3.68. The van der Waals surface area contributed by atoms with Crippen molar-refractivity contribution in [3.8, 4) is 0 Å². The Balaban J connectivity index is 3.41. The van der Waals surface area contributed by atoms with E-state index < -0.39 is 17.4 Å². The van der Waals surface area contributed by atoms with Crippen molar-refractivity contribution in [1.82, 2.24) is 9.13 Å². The normalized spacial score (nSPS) is 12.7. The highest BCUT2D eigenvalue weighted by atomic mass is 16.3. The number of aryl methyl sites for hydroxylation is 1. The molecule has 6 heteroatoms. The highest BCUT2D eigenvalue weighted by Crippen LogP contribution is 1.91. The molecule has 0 aliphatic carbocycles. The maximum absolute atomic E-state index is 11.7. The number of aliphatic hydroxyl groups excluding tert-OH is 1. The van der Waals surface area contributed by atoms with Crippen molar-refractivity contribution in [2.75, 3.05) is 5.73 Å². The van der Waals surface area contributed by atoms with Gasteiger partial charge in [-0.2, -0.15) is 0 Å². The minimum Gasteiger partial charge on any atom is -0.393 e. The average molecular weight is 213 g/mol. The largest absolute Gasteiger partial charge is 0.393 e. The zero-order valence-corrected chi connectivity index (χ0v) is 8.80. The molecule has 1 rings (SSSR count).